The SMILES string of the molecule is O=C1CC(CO)CN1C1CCCC(O)C1. The van der Waals surface area contributed by atoms with Crippen LogP contribution >= 0.6 is 0 Å². The maximum absolute atomic E-state index is 11.7. The van der Waals surface area contributed by atoms with Gasteiger partial charge in [-0.25, -0.2) is 0 Å². The molecule has 3 atom stereocenters. The third-order valence-corrected chi connectivity index (χ3v) is 3.56. The van der Waals surface area contributed by atoms with Crippen molar-refractivity contribution in [1.82, 2.24) is 4.90 Å². The lowest BCUT2D eigenvalue weighted by atomic mass is 9.92. The molecule has 0 radical (unpaired) electrons. The zero-order chi connectivity index (χ0) is 10.8. The average Bonchev–Trinajstić information content (AvgIpc) is 2.60. The predicted octanol–water partition coefficient (Wildman–Crippen LogP) is 0.131. The van der Waals surface area contributed by atoms with E-state index in [2.05, 4.69) is 0 Å². The Labute approximate surface area is 89.9 Å². The van der Waals surface area contributed by atoms with E-state index >= 15 is 0 Å². The Kier molecular flexibility index (Phi) is 3.26. The summed E-state index contributed by atoms with van der Waals surface area (Å²) in [5.41, 5.74) is 0. The second kappa shape index (κ2) is 4.49. The van der Waals surface area contributed by atoms with Gasteiger partial charge in [0.05, 0.1) is 6.10 Å². The minimum Gasteiger partial charge on any atom is -0.396 e. The van der Waals surface area contributed by atoms with Crippen LogP contribution in [-0.4, -0.2) is 46.3 Å². The van der Waals surface area contributed by atoms with Gasteiger partial charge < -0.3 is 15.1 Å². The molecule has 1 amide bonds. The van der Waals surface area contributed by atoms with Crippen molar-refractivity contribution in [3.63, 3.8) is 0 Å². The summed E-state index contributed by atoms with van der Waals surface area (Å²) in [7, 11) is 0. The third kappa shape index (κ3) is 2.32. The molecule has 4 nitrogen and oxygen atoms in total. The van der Waals surface area contributed by atoms with Crippen molar-refractivity contribution < 1.29 is 15.0 Å². The van der Waals surface area contributed by atoms with Crippen molar-refractivity contribution in [2.45, 2.75) is 44.2 Å². The molecule has 2 fully saturated rings. The summed E-state index contributed by atoms with van der Waals surface area (Å²) in [6.45, 7) is 0.768. The molecule has 15 heavy (non-hydrogen) atoms. The molecule has 1 saturated carbocycles. The van der Waals surface area contributed by atoms with Gasteiger partial charge in [-0.1, -0.05) is 0 Å². The van der Waals surface area contributed by atoms with E-state index in [0.717, 1.165) is 19.3 Å². The molecule has 1 heterocycles. The molecule has 0 bridgehead atoms. The number of nitrogens with zero attached hydrogens (tertiary/aromatic N) is 1. The van der Waals surface area contributed by atoms with Crippen molar-refractivity contribution in [2.75, 3.05) is 13.2 Å². The summed E-state index contributed by atoms with van der Waals surface area (Å²) in [4.78, 5) is 13.5. The van der Waals surface area contributed by atoms with Crippen molar-refractivity contribution in [3.8, 4) is 0 Å². The molecule has 86 valence electrons. The van der Waals surface area contributed by atoms with Gasteiger partial charge in [0.15, 0.2) is 0 Å². The zero-order valence-electron chi connectivity index (χ0n) is 8.93. The molecule has 0 aromatic rings. The predicted molar refractivity (Wildman–Crippen MR) is 55.2 cm³/mol. The van der Waals surface area contributed by atoms with E-state index in [-0.39, 0.29) is 30.6 Å². The molecule has 1 aliphatic carbocycles. The van der Waals surface area contributed by atoms with Gasteiger partial charge in [-0.3, -0.25) is 4.79 Å². The summed E-state index contributed by atoms with van der Waals surface area (Å²) in [5.74, 6) is 0.254. The van der Waals surface area contributed by atoms with Crippen LogP contribution in [0.25, 0.3) is 0 Å². The molecule has 0 aromatic carbocycles. The Morgan fingerprint density at radius 2 is 2.20 bits per heavy atom. The topological polar surface area (TPSA) is 60.8 Å². The number of carbonyl (C=O) groups excluding carboxylic acids is 1. The molecule has 3 unspecified atom stereocenters. The highest BCUT2D eigenvalue weighted by Crippen LogP contribution is 2.28. The van der Waals surface area contributed by atoms with E-state index < -0.39 is 0 Å². The van der Waals surface area contributed by atoms with Gasteiger partial charge in [0.2, 0.25) is 5.91 Å². The highest BCUT2D eigenvalue weighted by molar-refractivity contribution is 5.79. The standard InChI is InChI=1S/C11H19NO3/c13-7-8-4-11(15)12(6-8)9-2-1-3-10(14)5-9/h8-10,13-14H,1-7H2. The Morgan fingerprint density at radius 3 is 2.80 bits per heavy atom. The zero-order valence-corrected chi connectivity index (χ0v) is 8.93. The summed E-state index contributed by atoms with van der Waals surface area (Å²) >= 11 is 0. The van der Waals surface area contributed by atoms with Crippen LogP contribution in [0.3, 0.4) is 0 Å². The molecule has 2 N–H and O–H groups in total. The van der Waals surface area contributed by atoms with Gasteiger partial charge in [0.25, 0.3) is 0 Å². The lowest BCUT2D eigenvalue weighted by Gasteiger charge is -2.33. The number of likely N-dealkylation sites (tertiary alicyclic amines) is 1. The second-order valence-electron chi connectivity index (χ2n) is 4.77. The van der Waals surface area contributed by atoms with Gasteiger partial charge in [0, 0.05) is 31.5 Å². The number of carbonyl (C=O) groups is 1. The minimum atomic E-state index is -0.246. The first-order valence-corrected chi connectivity index (χ1v) is 5.79. The van der Waals surface area contributed by atoms with E-state index in [0.29, 0.717) is 19.4 Å². The monoisotopic (exact) mass is 213 g/mol. The van der Waals surface area contributed by atoms with Crippen LogP contribution in [-0.2, 0) is 4.79 Å². The van der Waals surface area contributed by atoms with Gasteiger partial charge in [-0.2, -0.15) is 0 Å². The number of hydrogen-bond acceptors (Lipinski definition) is 3. The summed E-state index contributed by atoms with van der Waals surface area (Å²) in [6.07, 6.45) is 3.81. The molecular formula is C11H19NO3. The normalized spacial score (nSPS) is 37.3. The number of rotatable bonds is 2. The highest BCUT2D eigenvalue weighted by Gasteiger charge is 2.35. The first-order valence-electron chi connectivity index (χ1n) is 5.79. The Balaban J connectivity index is 1.95. The summed E-state index contributed by atoms with van der Waals surface area (Å²) in [5, 5.41) is 18.6. The van der Waals surface area contributed by atoms with Crippen LogP contribution < -0.4 is 0 Å². The van der Waals surface area contributed by atoms with Crippen LogP contribution in [0.2, 0.25) is 0 Å². The van der Waals surface area contributed by atoms with Crippen LogP contribution in [0, 0.1) is 5.92 Å². The largest absolute Gasteiger partial charge is 0.396 e. The van der Waals surface area contributed by atoms with E-state index in [1.807, 2.05) is 4.90 Å². The van der Waals surface area contributed by atoms with Crippen molar-refractivity contribution in [3.05, 3.63) is 0 Å². The van der Waals surface area contributed by atoms with E-state index in [9.17, 15) is 9.90 Å². The Hall–Kier alpha value is -0.610. The number of aliphatic hydroxyl groups is 2. The van der Waals surface area contributed by atoms with Crippen LogP contribution in [0.1, 0.15) is 32.1 Å². The average molecular weight is 213 g/mol. The van der Waals surface area contributed by atoms with Gasteiger partial charge in [-0.15, -0.1) is 0 Å². The molecule has 1 saturated heterocycles. The van der Waals surface area contributed by atoms with Gasteiger partial charge in [-0.05, 0) is 25.7 Å². The molecule has 0 aromatic heterocycles. The molecule has 4 heteroatoms. The number of amides is 1. The number of aliphatic hydroxyl groups excluding tert-OH is 2. The minimum absolute atomic E-state index is 0.0948. The lowest BCUT2D eigenvalue weighted by molar-refractivity contribution is -0.130. The lowest BCUT2D eigenvalue weighted by Crippen LogP contribution is -2.41. The van der Waals surface area contributed by atoms with Crippen molar-refractivity contribution in [1.29, 1.82) is 0 Å². The second-order valence-corrected chi connectivity index (χ2v) is 4.77. The van der Waals surface area contributed by atoms with Crippen molar-refractivity contribution >= 4 is 5.91 Å². The maximum Gasteiger partial charge on any atom is 0.223 e. The Morgan fingerprint density at radius 1 is 1.40 bits per heavy atom. The van der Waals surface area contributed by atoms with Crippen LogP contribution in [0.15, 0.2) is 0 Å². The smallest absolute Gasteiger partial charge is 0.223 e. The first kappa shape index (κ1) is 10.9. The summed E-state index contributed by atoms with van der Waals surface area (Å²) < 4.78 is 0. The molecular weight excluding hydrogens is 194 g/mol. The van der Waals surface area contributed by atoms with Gasteiger partial charge >= 0.3 is 0 Å². The third-order valence-electron chi connectivity index (χ3n) is 3.56. The van der Waals surface area contributed by atoms with Gasteiger partial charge in [0.1, 0.15) is 0 Å². The molecule has 2 rings (SSSR count). The van der Waals surface area contributed by atoms with E-state index in [1.165, 1.54) is 0 Å². The Bertz CT molecular complexity index is 244. The fraction of sp³-hybridized carbons (Fsp3) is 0.909. The van der Waals surface area contributed by atoms with Crippen molar-refractivity contribution in [2.24, 2.45) is 5.92 Å². The quantitative estimate of drug-likeness (QED) is 0.685. The fourth-order valence-electron chi connectivity index (χ4n) is 2.71. The number of hydrogen-bond donors (Lipinski definition) is 2. The first-order chi connectivity index (χ1) is 7.20. The van der Waals surface area contributed by atoms with Crippen LogP contribution in [0.5, 0.6) is 0 Å². The summed E-state index contributed by atoms with van der Waals surface area (Å²) in [6, 6.07) is 0.206. The maximum atomic E-state index is 11.7. The van der Waals surface area contributed by atoms with E-state index in [4.69, 9.17) is 5.11 Å². The van der Waals surface area contributed by atoms with Crippen LogP contribution in [0.4, 0.5) is 0 Å². The fourth-order valence-corrected chi connectivity index (χ4v) is 2.71. The molecule has 1 aliphatic heterocycles. The van der Waals surface area contributed by atoms with E-state index in [1.54, 1.807) is 0 Å². The molecule has 2 aliphatic rings. The highest BCUT2D eigenvalue weighted by atomic mass is 16.3. The molecule has 0 spiro atoms.